The number of alkyl carbamates (subject to hydrolysis) is 1. The number of nitrogens with zero attached hydrogens (tertiary/aromatic N) is 3. The minimum absolute atomic E-state index is 0.0353. The predicted molar refractivity (Wildman–Crippen MR) is 153 cm³/mol. The zero-order chi connectivity index (χ0) is 29.0. The van der Waals surface area contributed by atoms with Gasteiger partial charge in [0, 0.05) is 18.0 Å². The second kappa shape index (κ2) is 12.1. The van der Waals surface area contributed by atoms with Crippen LogP contribution in [0.5, 0.6) is 11.6 Å². The second-order valence-corrected chi connectivity index (χ2v) is 17.2. The summed E-state index contributed by atoms with van der Waals surface area (Å²) >= 11 is 5.75. The standard InChI is InChI=1S/C28H38ClFN4O4Si/c1-27(2,3)38-26(35)32-21(18-36-39(7,8)28(4,5)6)17-34-14-13-24(33-34)19-9-11-22(12-10-19)37-25-23(30)15-20(29)16-31-25/h9-16,21H,17-18H2,1-8H3,(H,32,35). The van der Waals surface area contributed by atoms with E-state index in [9.17, 15) is 9.18 Å². The van der Waals surface area contributed by atoms with Crippen molar-refractivity contribution in [2.75, 3.05) is 6.61 Å². The highest BCUT2D eigenvalue weighted by Crippen LogP contribution is 2.36. The van der Waals surface area contributed by atoms with Crippen LogP contribution in [0.25, 0.3) is 11.3 Å². The molecular formula is C28H38ClFN4O4Si. The molecule has 2 heterocycles. The third-order valence-corrected chi connectivity index (χ3v) is 11.1. The molecule has 1 unspecified atom stereocenters. The van der Waals surface area contributed by atoms with Gasteiger partial charge in [-0.15, -0.1) is 0 Å². The fourth-order valence-electron chi connectivity index (χ4n) is 3.27. The van der Waals surface area contributed by atoms with Crippen molar-refractivity contribution in [2.24, 2.45) is 0 Å². The quantitative estimate of drug-likeness (QED) is 0.266. The Kier molecular flexibility index (Phi) is 9.46. The Morgan fingerprint density at radius 1 is 1.13 bits per heavy atom. The van der Waals surface area contributed by atoms with Gasteiger partial charge in [0.05, 0.1) is 29.9 Å². The molecule has 0 fully saturated rings. The van der Waals surface area contributed by atoms with Gasteiger partial charge in [-0.25, -0.2) is 14.2 Å². The maximum absolute atomic E-state index is 14.0. The summed E-state index contributed by atoms with van der Waals surface area (Å²) in [5.74, 6) is -0.367. The van der Waals surface area contributed by atoms with Crippen LogP contribution < -0.4 is 10.1 Å². The number of aromatic nitrogens is 3. The molecule has 0 aliphatic carbocycles. The molecule has 1 N–H and O–H groups in total. The molecule has 11 heteroatoms. The lowest BCUT2D eigenvalue weighted by Crippen LogP contribution is -2.48. The number of hydrogen-bond donors (Lipinski definition) is 1. The summed E-state index contributed by atoms with van der Waals surface area (Å²) in [7, 11) is -2.04. The van der Waals surface area contributed by atoms with E-state index in [0.29, 0.717) is 18.9 Å². The van der Waals surface area contributed by atoms with Crippen LogP contribution >= 0.6 is 11.6 Å². The average Bonchev–Trinajstić information content (AvgIpc) is 3.26. The summed E-state index contributed by atoms with van der Waals surface area (Å²) in [6, 6.07) is 9.76. The van der Waals surface area contributed by atoms with Crippen LogP contribution in [0.4, 0.5) is 9.18 Å². The molecule has 0 bridgehead atoms. The lowest BCUT2D eigenvalue weighted by molar-refractivity contribution is 0.0477. The summed E-state index contributed by atoms with van der Waals surface area (Å²) in [6.07, 6.45) is 2.67. The summed E-state index contributed by atoms with van der Waals surface area (Å²) in [6.45, 7) is 17.1. The van der Waals surface area contributed by atoms with Crippen molar-refractivity contribution in [3.63, 3.8) is 0 Å². The van der Waals surface area contributed by atoms with Crippen molar-refractivity contribution in [1.29, 1.82) is 0 Å². The molecule has 1 atom stereocenters. The summed E-state index contributed by atoms with van der Waals surface area (Å²) < 4.78 is 33.2. The van der Waals surface area contributed by atoms with Crippen LogP contribution in [0.1, 0.15) is 41.5 Å². The predicted octanol–water partition coefficient (Wildman–Crippen LogP) is 7.45. The van der Waals surface area contributed by atoms with E-state index in [0.717, 1.165) is 17.3 Å². The Morgan fingerprint density at radius 3 is 2.38 bits per heavy atom. The topological polar surface area (TPSA) is 87.5 Å². The number of pyridine rings is 1. The van der Waals surface area contributed by atoms with Gasteiger partial charge in [0.25, 0.3) is 5.88 Å². The number of ether oxygens (including phenoxy) is 2. The third-order valence-electron chi connectivity index (χ3n) is 6.36. The minimum Gasteiger partial charge on any atom is -0.444 e. The molecule has 3 rings (SSSR count). The monoisotopic (exact) mass is 576 g/mol. The van der Waals surface area contributed by atoms with E-state index in [1.54, 1.807) is 16.8 Å². The number of amides is 1. The molecule has 0 aliphatic rings. The Bertz CT molecular complexity index is 1270. The molecular weight excluding hydrogens is 539 g/mol. The van der Waals surface area contributed by atoms with Crippen molar-refractivity contribution in [3.05, 3.63) is 59.6 Å². The van der Waals surface area contributed by atoms with Crippen LogP contribution in [0, 0.1) is 5.82 Å². The molecule has 0 radical (unpaired) electrons. The van der Waals surface area contributed by atoms with Gasteiger partial charge in [0.1, 0.15) is 11.4 Å². The summed E-state index contributed by atoms with van der Waals surface area (Å²) in [5, 5.41) is 7.86. The number of rotatable bonds is 9. The zero-order valence-electron chi connectivity index (χ0n) is 23.8. The number of halogens is 2. The number of benzene rings is 1. The van der Waals surface area contributed by atoms with E-state index in [1.807, 2.05) is 45.2 Å². The first kappa shape index (κ1) is 30.6. The van der Waals surface area contributed by atoms with Gasteiger partial charge < -0.3 is 19.2 Å². The van der Waals surface area contributed by atoms with Crippen LogP contribution in [-0.2, 0) is 15.7 Å². The first-order valence-corrected chi connectivity index (χ1v) is 16.1. The average molecular weight is 577 g/mol. The number of carbonyl (C=O) groups is 1. The van der Waals surface area contributed by atoms with E-state index in [-0.39, 0.29) is 22.0 Å². The Balaban J connectivity index is 1.71. The second-order valence-electron chi connectivity index (χ2n) is 11.9. The number of nitrogens with one attached hydrogen (secondary N) is 1. The van der Waals surface area contributed by atoms with E-state index >= 15 is 0 Å². The Labute approximate surface area is 236 Å². The van der Waals surface area contributed by atoms with E-state index in [1.165, 1.54) is 6.20 Å². The van der Waals surface area contributed by atoms with Crippen molar-refractivity contribution >= 4 is 26.0 Å². The minimum atomic E-state index is -2.04. The smallest absolute Gasteiger partial charge is 0.408 e. The molecule has 0 aliphatic heterocycles. The van der Waals surface area contributed by atoms with Gasteiger partial charge in [-0.2, -0.15) is 5.10 Å². The molecule has 1 amide bonds. The first-order chi connectivity index (χ1) is 18.0. The van der Waals surface area contributed by atoms with Gasteiger partial charge in [-0.3, -0.25) is 4.68 Å². The molecule has 212 valence electrons. The molecule has 8 nitrogen and oxygen atoms in total. The summed E-state index contributed by atoms with van der Waals surface area (Å²) in [5.41, 5.74) is 0.970. The van der Waals surface area contributed by atoms with Gasteiger partial charge in [-0.1, -0.05) is 32.4 Å². The Morgan fingerprint density at radius 2 is 1.79 bits per heavy atom. The van der Waals surface area contributed by atoms with Crippen LogP contribution in [0.15, 0.2) is 48.8 Å². The molecule has 39 heavy (non-hydrogen) atoms. The molecule has 2 aromatic heterocycles. The van der Waals surface area contributed by atoms with Crippen LogP contribution in [0.3, 0.4) is 0 Å². The lowest BCUT2D eigenvalue weighted by Gasteiger charge is -2.37. The van der Waals surface area contributed by atoms with E-state index in [2.05, 4.69) is 49.3 Å². The third kappa shape index (κ3) is 9.05. The zero-order valence-corrected chi connectivity index (χ0v) is 25.6. The van der Waals surface area contributed by atoms with E-state index < -0.39 is 25.8 Å². The van der Waals surface area contributed by atoms with Gasteiger partial charge in [0.2, 0.25) is 0 Å². The van der Waals surface area contributed by atoms with Crippen LogP contribution in [-0.4, -0.2) is 47.4 Å². The normalized spacial score (nSPS) is 13.2. The molecule has 3 aromatic rings. The van der Waals surface area contributed by atoms with Crippen molar-refractivity contribution in [2.45, 2.75) is 77.9 Å². The lowest BCUT2D eigenvalue weighted by atomic mass is 10.1. The number of carbonyl (C=O) groups excluding carboxylic acids is 1. The van der Waals surface area contributed by atoms with Gasteiger partial charge >= 0.3 is 6.09 Å². The Hall–Kier alpha value is -2.95. The maximum Gasteiger partial charge on any atom is 0.408 e. The van der Waals surface area contributed by atoms with Crippen molar-refractivity contribution in [3.8, 4) is 22.9 Å². The van der Waals surface area contributed by atoms with Crippen molar-refractivity contribution < 1.29 is 23.1 Å². The fourth-order valence-corrected chi connectivity index (χ4v) is 4.46. The van der Waals surface area contributed by atoms with Gasteiger partial charge in [0.15, 0.2) is 14.1 Å². The highest BCUT2D eigenvalue weighted by Gasteiger charge is 2.38. The number of hydrogen-bond acceptors (Lipinski definition) is 6. The van der Waals surface area contributed by atoms with Crippen molar-refractivity contribution in [1.82, 2.24) is 20.1 Å². The van der Waals surface area contributed by atoms with Crippen LogP contribution in [0.2, 0.25) is 23.2 Å². The maximum atomic E-state index is 14.0. The van der Waals surface area contributed by atoms with E-state index in [4.69, 9.17) is 25.5 Å². The SMILES string of the molecule is CC(C)(C)OC(=O)NC(CO[Si](C)(C)C(C)(C)C)Cn1ccc(-c2ccc(Oc3ncc(Cl)cc3F)cc2)n1. The fraction of sp³-hybridized carbons (Fsp3) is 0.464. The first-order valence-electron chi connectivity index (χ1n) is 12.8. The van der Waals surface area contributed by atoms with Gasteiger partial charge in [-0.05, 0) is 75.3 Å². The molecule has 0 saturated carbocycles. The summed E-state index contributed by atoms with van der Waals surface area (Å²) in [4.78, 5) is 16.4. The molecule has 0 saturated heterocycles. The largest absolute Gasteiger partial charge is 0.444 e. The highest BCUT2D eigenvalue weighted by molar-refractivity contribution is 6.74. The molecule has 1 aromatic carbocycles. The molecule has 0 spiro atoms. The highest BCUT2D eigenvalue weighted by atomic mass is 35.5.